The molecule has 1 aliphatic rings. The van der Waals surface area contributed by atoms with Gasteiger partial charge >= 0.3 is 0 Å². The molecule has 2 aromatic carbocycles. The number of nitrogens with one attached hydrogen (secondary N) is 1. The summed E-state index contributed by atoms with van der Waals surface area (Å²) in [6.45, 7) is 0.245. The van der Waals surface area contributed by atoms with Crippen molar-refractivity contribution in [2.75, 3.05) is 20.3 Å². The third-order valence-corrected chi connectivity index (χ3v) is 7.32. The van der Waals surface area contributed by atoms with Crippen LogP contribution >= 0.6 is 0 Å². The standard InChI is InChI=1S/C24H25N5O4S/c1-32-20-9-6-18(7-10-20)24-27-26-22-12-13-23(28-29(22)24)33-15-14-25-34(30,31)21-11-8-17-4-2-3-5-19(17)16-21/h6-13,16,25H,2-5,14-15H2,1H3. The normalized spacial score (nSPS) is 13.6. The molecule has 1 aliphatic carbocycles. The van der Waals surface area contributed by atoms with E-state index in [1.807, 2.05) is 30.3 Å². The molecule has 0 bridgehead atoms. The van der Waals surface area contributed by atoms with Gasteiger partial charge in [-0.1, -0.05) is 6.07 Å². The summed E-state index contributed by atoms with van der Waals surface area (Å²) in [4.78, 5) is 0.293. The molecule has 0 atom stereocenters. The second-order valence-corrected chi connectivity index (χ2v) is 9.84. The fraction of sp³-hybridized carbons (Fsp3) is 0.292. The molecule has 0 spiro atoms. The average Bonchev–Trinajstić information content (AvgIpc) is 3.29. The molecule has 10 heteroatoms. The Morgan fingerprint density at radius 1 is 0.971 bits per heavy atom. The highest BCUT2D eigenvalue weighted by Crippen LogP contribution is 2.24. The number of fused-ring (bicyclic) bond motifs is 2. The third-order valence-electron chi connectivity index (χ3n) is 5.86. The summed E-state index contributed by atoms with van der Waals surface area (Å²) in [5, 5.41) is 12.8. The van der Waals surface area contributed by atoms with Crippen LogP contribution in [0.1, 0.15) is 24.0 Å². The number of ether oxygens (including phenoxy) is 2. The minimum atomic E-state index is -3.61. The van der Waals surface area contributed by atoms with Gasteiger partial charge in [-0.25, -0.2) is 13.1 Å². The number of aryl methyl sites for hydroxylation is 2. The molecule has 34 heavy (non-hydrogen) atoms. The van der Waals surface area contributed by atoms with Gasteiger partial charge in [0.1, 0.15) is 12.4 Å². The minimum Gasteiger partial charge on any atom is -0.497 e. The van der Waals surface area contributed by atoms with Crippen molar-refractivity contribution in [3.05, 3.63) is 65.7 Å². The first kappa shape index (κ1) is 22.3. The van der Waals surface area contributed by atoms with Gasteiger partial charge in [-0.3, -0.25) is 0 Å². The zero-order valence-electron chi connectivity index (χ0n) is 18.8. The highest BCUT2D eigenvalue weighted by molar-refractivity contribution is 7.89. The Balaban J connectivity index is 1.23. The molecular weight excluding hydrogens is 454 g/mol. The van der Waals surface area contributed by atoms with E-state index in [-0.39, 0.29) is 13.2 Å². The Morgan fingerprint density at radius 3 is 2.56 bits per heavy atom. The molecule has 0 fully saturated rings. The first-order chi connectivity index (χ1) is 16.5. The number of nitrogens with zero attached hydrogens (tertiary/aromatic N) is 4. The van der Waals surface area contributed by atoms with Gasteiger partial charge in [0.15, 0.2) is 11.5 Å². The smallest absolute Gasteiger partial charge is 0.240 e. The van der Waals surface area contributed by atoms with E-state index in [0.29, 0.717) is 22.2 Å². The number of methoxy groups -OCH3 is 1. The topological polar surface area (TPSA) is 108 Å². The van der Waals surface area contributed by atoms with Gasteiger partial charge in [0.2, 0.25) is 15.9 Å². The van der Waals surface area contributed by atoms with Crippen molar-refractivity contribution in [1.29, 1.82) is 0 Å². The molecule has 2 heterocycles. The summed E-state index contributed by atoms with van der Waals surface area (Å²) in [6, 6.07) is 16.3. The lowest BCUT2D eigenvalue weighted by Crippen LogP contribution is -2.28. The molecular formula is C24H25N5O4S. The molecule has 4 aromatic rings. The van der Waals surface area contributed by atoms with Crippen LogP contribution in [0, 0.1) is 0 Å². The molecule has 0 saturated heterocycles. The quantitative estimate of drug-likeness (QED) is 0.387. The molecule has 1 N–H and O–H groups in total. The van der Waals surface area contributed by atoms with Crippen molar-refractivity contribution >= 4 is 15.7 Å². The minimum absolute atomic E-state index is 0.118. The van der Waals surface area contributed by atoms with Crippen LogP contribution in [0.25, 0.3) is 17.0 Å². The number of sulfonamides is 1. The Labute approximate surface area is 197 Å². The van der Waals surface area contributed by atoms with Crippen LogP contribution < -0.4 is 14.2 Å². The lowest BCUT2D eigenvalue weighted by Gasteiger charge is -2.16. The molecule has 176 valence electrons. The van der Waals surface area contributed by atoms with Gasteiger partial charge in [-0.15, -0.1) is 15.3 Å². The summed E-state index contributed by atoms with van der Waals surface area (Å²) in [5.41, 5.74) is 3.78. The maximum absolute atomic E-state index is 12.7. The van der Waals surface area contributed by atoms with Crippen LogP contribution in [0.4, 0.5) is 0 Å². The number of benzene rings is 2. The summed E-state index contributed by atoms with van der Waals surface area (Å²) < 4.78 is 40.5. The monoisotopic (exact) mass is 479 g/mol. The fourth-order valence-corrected chi connectivity index (χ4v) is 5.12. The number of aromatic nitrogens is 4. The molecule has 0 saturated carbocycles. The van der Waals surface area contributed by atoms with Gasteiger partial charge < -0.3 is 9.47 Å². The van der Waals surface area contributed by atoms with E-state index in [4.69, 9.17) is 9.47 Å². The summed E-state index contributed by atoms with van der Waals surface area (Å²) in [6.07, 6.45) is 4.20. The van der Waals surface area contributed by atoms with E-state index in [9.17, 15) is 8.42 Å². The SMILES string of the molecule is COc1ccc(-c2nnc3ccc(OCCNS(=O)(=O)c4ccc5c(c4)CCCC5)nn23)cc1. The first-order valence-electron chi connectivity index (χ1n) is 11.1. The van der Waals surface area contributed by atoms with E-state index in [2.05, 4.69) is 20.0 Å². The molecule has 0 amide bonds. The van der Waals surface area contributed by atoms with Crippen LogP contribution in [0.2, 0.25) is 0 Å². The number of hydrogen-bond acceptors (Lipinski definition) is 7. The van der Waals surface area contributed by atoms with Crippen molar-refractivity contribution < 1.29 is 17.9 Å². The second kappa shape index (κ2) is 9.40. The molecule has 0 radical (unpaired) electrons. The molecule has 9 nitrogen and oxygen atoms in total. The molecule has 2 aromatic heterocycles. The van der Waals surface area contributed by atoms with Gasteiger partial charge in [0.05, 0.1) is 12.0 Å². The van der Waals surface area contributed by atoms with Crippen molar-refractivity contribution in [3.63, 3.8) is 0 Å². The third kappa shape index (κ3) is 4.59. The maximum atomic E-state index is 12.7. The zero-order chi connectivity index (χ0) is 23.5. The van der Waals surface area contributed by atoms with Gasteiger partial charge in [0, 0.05) is 18.2 Å². The maximum Gasteiger partial charge on any atom is 0.240 e. The second-order valence-electron chi connectivity index (χ2n) is 8.08. The first-order valence-corrected chi connectivity index (χ1v) is 12.6. The van der Waals surface area contributed by atoms with Crippen molar-refractivity contribution in [3.8, 4) is 23.0 Å². The lowest BCUT2D eigenvalue weighted by molar-refractivity contribution is 0.306. The van der Waals surface area contributed by atoms with E-state index >= 15 is 0 Å². The molecule has 0 unspecified atom stereocenters. The number of rotatable bonds is 8. The molecule has 5 rings (SSSR count). The predicted octanol–water partition coefficient (Wildman–Crippen LogP) is 3.04. The fourth-order valence-electron chi connectivity index (χ4n) is 4.06. The Morgan fingerprint density at radius 2 is 1.76 bits per heavy atom. The highest BCUT2D eigenvalue weighted by atomic mass is 32.2. The van der Waals surface area contributed by atoms with E-state index in [1.165, 1.54) is 5.56 Å². The average molecular weight is 480 g/mol. The van der Waals surface area contributed by atoms with Gasteiger partial charge in [0.25, 0.3) is 0 Å². The molecule has 0 aliphatic heterocycles. The van der Waals surface area contributed by atoms with Crippen molar-refractivity contribution in [2.45, 2.75) is 30.6 Å². The summed E-state index contributed by atoms with van der Waals surface area (Å²) in [5.74, 6) is 1.65. The summed E-state index contributed by atoms with van der Waals surface area (Å²) >= 11 is 0. The van der Waals surface area contributed by atoms with E-state index in [1.54, 1.807) is 35.9 Å². The van der Waals surface area contributed by atoms with Crippen LogP contribution in [0.5, 0.6) is 11.6 Å². The Bertz CT molecular complexity index is 1420. The van der Waals surface area contributed by atoms with Crippen molar-refractivity contribution in [2.24, 2.45) is 0 Å². The van der Waals surface area contributed by atoms with Gasteiger partial charge in [-0.05, 0) is 79.3 Å². The zero-order valence-corrected chi connectivity index (χ0v) is 19.6. The van der Waals surface area contributed by atoms with Crippen LogP contribution in [0.15, 0.2) is 59.5 Å². The Kier molecular flexibility index (Phi) is 6.16. The largest absolute Gasteiger partial charge is 0.497 e. The lowest BCUT2D eigenvalue weighted by atomic mass is 9.92. The van der Waals surface area contributed by atoms with Crippen LogP contribution in [-0.4, -0.2) is 48.5 Å². The number of hydrogen-bond donors (Lipinski definition) is 1. The van der Waals surface area contributed by atoms with Crippen LogP contribution in [0.3, 0.4) is 0 Å². The summed E-state index contributed by atoms with van der Waals surface area (Å²) in [7, 11) is -2.00. The highest BCUT2D eigenvalue weighted by Gasteiger charge is 2.17. The van der Waals surface area contributed by atoms with E-state index < -0.39 is 10.0 Å². The van der Waals surface area contributed by atoms with Crippen LogP contribution in [-0.2, 0) is 22.9 Å². The Hall–Kier alpha value is -3.50. The van der Waals surface area contributed by atoms with E-state index in [0.717, 1.165) is 42.6 Å². The van der Waals surface area contributed by atoms with Crippen molar-refractivity contribution in [1.82, 2.24) is 24.5 Å². The predicted molar refractivity (Wildman–Crippen MR) is 127 cm³/mol. The van der Waals surface area contributed by atoms with Gasteiger partial charge in [-0.2, -0.15) is 4.52 Å².